The zero-order chi connectivity index (χ0) is 11.7. The third-order valence-corrected chi connectivity index (χ3v) is 3.59. The fourth-order valence-electron chi connectivity index (χ4n) is 2.57. The summed E-state index contributed by atoms with van der Waals surface area (Å²) < 4.78 is 5.37. The Balaban J connectivity index is 1.82. The number of H-pyrrole nitrogens is 1. The minimum atomic E-state index is 0.611. The molecule has 2 aromatic rings. The van der Waals surface area contributed by atoms with Crippen molar-refractivity contribution >= 4 is 0 Å². The van der Waals surface area contributed by atoms with Crippen molar-refractivity contribution in [1.82, 2.24) is 10.2 Å². The van der Waals surface area contributed by atoms with Gasteiger partial charge in [0.05, 0.1) is 18.4 Å². The number of hydrogen-bond donors (Lipinski definition) is 2. The van der Waals surface area contributed by atoms with Gasteiger partial charge in [-0.25, -0.2) is 0 Å². The van der Waals surface area contributed by atoms with Crippen molar-refractivity contribution in [2.75, 3.05) is 6.54 Å². The molecule has 4 nitrogen and oxygen atoms in total. The summed E-state index contributed by atoms with van der Waals surface area (Å²) in [5.41, 5.74) is 9.51. The van der Waals surface area contributed by atoms with Crippen LogP contribution in [0.25, 0.3) is 0 Å². The monoisotopic (exact) mass is 231 g/mol. The molecule has 0 aromatic carbocycles. The second kappa shape index (κ2) is 4.37. The van der Waals surface area contributed by atoms with Crippen LogP contribution in [0.2, 0.25) is 0 Å². The summed E-state index contributed by atoms with van der Waals surface area (Å²) in [5, 5.41) is 7.57. The summed E-state index contributed by atoms with van der Waals surface area (Å²) in [6.45, 7) is 0.770. The predicted molar refractivity (Wildman–Crippen MR) is 64.7 cm³/mol. The molecule has 1 aliphatic carbocycles. The van der Waals surface area contributed by atoms with E-state index in [1.807, 2.05) is 12.1 Å². The van der Waals surface area contributed by atoms with Gasteiger partial charge in [-0.1, -0.05) is 0 Å². The fraction of sp³-hybridized carbons (Fsp3) is 0.462. The first-order valence-electron chi connectivity index (χ1n) is 6.14. The summed E-state index contributed by atoms with van der Waals surface area (Å²) in [6.07, 6.45) is 5.79. The van der Waals surface area contributed by atoms with Gasteiger partial charge in [0.2, 0.25) is 0 Å². The molecular formula is C13H17N3O. The second-order valence-electron chi connectivity index (χ2n) is 4.73. The van der Waals surface area contributed by atoms with E-state index in [1.165, 1.54) is 17.7 Å². The van der Waals surface area contributed by atoms with Crippen molar-refractivity contribution in [3.05, 3.63) is 41.1 Å². The van der Waals surface area contributed by atoms with Gasteiger partial charge in [-0.15, -0.1) is 0 Å². The number of aromatic amines is 1. The van der Waals surface area contributed by atoms with Gasteiger partial charge in [0.15, 0.2) is 0 Å². The van der Waals surface area contributed by atoms with E-state index in [9.17, 15) is 0 Å². The van der Waals surface area contributed by atoms with Crippen LogP contribution in [-0.2, 0) is 19.3 Å². The lowest BCUT2D eigenvalue weighted by molar-refractivity contribution is 0.462. The van der Waals surface area contributed by atoms with Crippen molar-refractivity contribution in [1.29, 1.82) is 0 Å². The lowest BCUT2D eigenvalue weighted by Crippen LogP contribution is -2.22. The molecule has 0 bridgehead atoms. The van der Waals surface area contributed by atoms with E-state index in [4.69, 9.17) is 10.2 Å². The van der Waals surface area contributed by atoms with E-state index in [0.29, 0.717) is 5.92 Å². The third kappa shape index (κ3) is 2.00. The first-order valence-corrected chi connectivity index (χ1v) is 6.14. The zero-order valence-electron chi connectivity index (χ0n) is 9.78. The van der Waals surface area contributed by atoms with E-state index in [0.717, 1.165) is 37.3 Å². The van der Waals surface area contributed by atoms with Gasteiger partial charge < -0.3 is 10.2 Å². The maximum absolute atomic E-state index is 5.73. The predicted octanol–water partition coefficient (Wildman–Crippen LogP) is 1.66. The summed E-state index contributed by atoms with van der Waals surface area (Å²) in [5.74, 6) is 1.58. The van der Waals surface area contributed by atoms with Crippen LogP contribution in [-0.4, -0.2) is 16.7 Å². The van der Waals surface area contributed by atoms with Crippen LogP contribution in [0, 0.1) is 5.92 Å². The van der Waals surface area contributed by atoms with Gasteiger partial charge in [0.1, 0.15) is 5.76 Å². The van der Waals surface area contributed by atoms with E-state index in [2.05, 4.69) is 10.2 Å². The molecule has 2 aromatic heterocycles. The van der Waals surface area contributed by atoms with Crippen molar-refractivity contribution in [2.45, 2.75) is 25.7 Å². The van der Waals surface area contributed by atoms with Crippen LogP contribution in [0.15, 0.2) is 22.8 Å². The number of nitrogens with two attached hydrogens (primary N) is 1. The molecule has 3 rings (SSSR count). The average molecular weight is 231 g/mol. The molecule has 0 aliphatic heterocycles. The molecule has 0 radical (unpaired) electrons. The molecule has 1 aliphatic rings. The van der Waals surface area contributed by atoms with Crippen molar-refractivity contribution in [3.8, 4) is 0 Å². The molecule has 0 fully saturated rings. The highest BCUT2D eigenvalue weighted by Gasteiger charge is 2.22. The highest BCUT2D eigenvalue weighted by molar-refractivity contribution is 5.30. The maximum atomic E-state index is 5.73. The smallest absolute Gasteiger partial charge is 0.109 e. The number of furan rings is 1. The molecular weight excluding hydrogens is 214 g/mol. The number of rotatable bonds is 3. The summed E-state index contributed by atoms with van der Waals surface area (Å²) in [7, 11) is 0. The number of nitrogens with one attached hydrogen (secondary N) is 1. The first-order chi connectivity index (χ1) is 8.36. The third-order valence-electron chi connectivity index (χ3n) is 3.59. The van der Waals surface area contributed by atoms with Crippen LogP contribution in [0.1, 0.15) is 29.1 Å². The molecule has 0 spiro atoms. The lowest BCUT2D eigenvalue weighted by atomic mass is 9.86. The number of hydrogen-bond acceptors (Lipinski definition) is 3. The van der Waals surface area contributed by atoms with Crippen molar-refractivity contribution in [2.24, 2.45) is 11.7 Å². The Bertz CT molecular complexity index is 487. The minimum absolute atomic E-state index is 0.611. The first kappa shape index (κ1) is 10.6. The normalized spacial score (nSPS) is 19.2. The second-order valence-corrected chi connectivity index (χ2v) is 4.73. The molecule has 0 amide bonds. The lowest BCUT2D eigenvalue weighted by Gasteiger charge is -2.20. The highest BCUT2D eigenvalue weighted by Crippen LogP contribution is 2.27. The zero-order valence-corrected chi connectivity index (χ0v) is 9.78. The van der Waals surface area contributed by atoms with E-state index in [1.54, 1.807) is 6.26 Å². The SMILES string of the molecule is NCC1CCc2c(Cc3ccco3)n[nH]c2C1. The Kier molecular flexibility index (Phi) is 2.73. The Morgan fingerprint density at radius 1 is 1.53 bits per heavy atom. The quantitative estimate of drug-likeness (QED) is 0.844. The molecule has 0 saturated heterocycles. The van der Waals surface area contributed by atoms with E-state index < -0.39 is 0 Å². The Hall–Kier alpha value is -1.55. The molecule has 2 heterocycles. The van der Waals surface area contributed by atoms with Gasteiger partial charge in [-0.05, 0) is 49.4 Å². The molecule has 1 unspecified atom stereocenters. The van der Waals surface area contributed by atoms with Gasteiger partial charge in [0, 0.05) is 5.69 Å². The largest absolute Gasteiger partial charge is 0.469 e. The van der Waals surface area contributed by atoms with Gasteiger partial charge >= 0.3 is 0 Å². The van der Waals surface area contributed by atoms with Crippen LogP contribution in [0.5, 0.6) is 0 Å². The number of nitrogens with zero attached hydrogens (tertiary/aromatic N) is 1. The highest BCUT2D eigenvalue weighted by atomic mass is 16.3. The molecule has 0 saturated carbocycles. The fourth-order valence-corrected chi connectivity index (χ4v) is 2.57. The Morgan fingerprint density at radius 2 is 2.47 bits per heavy atom. The molecule has 90 valence electrons. The van der Waals surface area contributed by atoms with Crippen LogP contribution in [0.3, 0.4) is 0 Å². The number of fused-ring (bicyclic) bond motifs is 1. The van der Waals surface area contributed by atoms with Gasteiger partial charge in [0.25, 0.3) is 0 Å². The molecule has 4 heteroatoms. The van der Waals surface area contributed by atoms with Crippen LogP contribution < -0.4 is 5.73 Å². The molecule has 3 N–H and O–H groups in total. The van der Waals surface area contributed by atoms with Crippen molar-refractivity contribution in [3.63, 3.8) is 0 Å². The van der Waals surface area contributed by atoms with E-state index >= 15 is 0 Å². The minimum Gasteiger partial charge on any atom is -0.469 e. The molecule has 1 atom stereocenters. The molecule has 17 heavy (non-hydrogen) atoms. The van der Waals surface area contributed by atoms with Gasteiger partial charge in [-0.3, -0.25) is 5.10 Å². The van der Waals surface area contributed by atoms with Crippen LogP contribution >= 0.6 is 0 Å². The van der Waals surface area contributed by atoms with Crippen LogP contribution in [0.4, 0.5) is 0 Å². The maximum Gasteiger partial charge on any atom is 0.109 e. The van der Waals surface area contributed by atoms with Crippen molar-refractivity contribution < 1.29 is 4.42 Å². The summed E-state index contributed by atoms with van der Waals surface area (Å²) >= 11 is 0. The summed E-state index contributed by atoms with van der Waals surface area (Å²) in [4.78, 5) is 0. The average Bonchev–Trinajstić information content (AvgIpc) is 2.99. The Morgan fingerprint density at radius 3 is 3.24 bits per heavy atom. The topological polar surface area (TPSA) is 67.8 Å². The standard InChI is InChI=1S/C13H17N3O/c14-8-9-3-4-11-12(6-9)15-16-13(11)7-10-2-1-5-17-10/h1-2,5,9H,3-4,6-8,14H2,(H,15,16). The van der Waals surface area contributed by atoms with E-state index in [-0.39, 0.29) is 0 Å². The number of aromatic nitrogens is 2. The summed E-state index contributed by atoms with van der Waals surface area (Å²) in [6, 6.07) is 3.91. The Labute approximate surface area is 100 Å². The van der Waals surface area contributed by atoms with Gasteiger partial charge in [-0.2, -0.15) is 5.10 Å².